The maximum absolute atomic E-state index is 13.4. The van der Waals surface area contributed by atoms with Crippen molar-refractivity contribution in [2.75, 3.05) is 0 Å². The molecule has 0 fully saturated rings. The third-order valence-electron chi connectivity index (χ3n) is 8.19. The van der Waals surface area contributed by atoms with Crippen LogP contribution in [0.2, 0.25) is 0 Å². The van der Waals surface area contributed by atoms with Gasteiger partial charge in [0.2, 0.25) is 0 Å². The van der Waals surface area contributed by atoms with Crippen LogP contribution < -0.4 is 0 Å². The second-order valence-corrected chi connectivity index (χ2v) is 13.9. The van der Waals surface area contributed by atoms with Gasteiger partial charge in [-0.25, -0.2) is 0 Å². The predicted octanol–water partition coefficient (Wildman–Crippen LogP) is 13.9. The lowest BCUT2D eigenvalue weighted by Crippen LogP contribution is -2.26. The van der Waals surface area contributed by atoms with Gasteiger partial charge in [0.15, 0.2) is 0 Å². The highest BCUT2D eigenvalue weighted by atomic mass is 16.1. The standard InChI is InChI=1S/C42H68O/c1-33(2)18-13-21-36(7)23-16-25-38(9)28-30-42(41(12)43,32-40(11)27-15-20-35(5)6)31-29-39(10)26-17-24-37(8)22-14-19-34(3)4/h18-20,23-24,28-29,32H,13-17,21-22,25-27,30-31H2,1-12H3. The van der Waals surface area contributed by atoms with E-state index in [1.165, 1.54) is 44.6 Å². The highest BCUT2D eigenvalue weighted by Gasteiger charge is 2.31. The van der Waals surface area contributed by atoms with Gasteiger partial charge in [-0.05, 0) is 160 Å². The van der Waals surface area contributed by atoms with Crippen molar-refractivity contribution in [2.24, 2.45) is 5.41 Å². The fourth-order valence-electron chi connectivity index (χ4n) is 5.11. The van der Waals surface area contributed by atoms with Crippen LogP contribution in [0, 0.1) is 5.41 Å². The van der Waals surface area contributed by atoms with E-state index in [1.54, 1.807) is 6.92 Å². The Bertz CT molecular complexity index is 1020. The summed E-state index contributed by atoms with van der Waals surface area (Å²) in [6.07, 6.45) is 31.0. The van der Waals surface area contributed by atoms with E-state index < -0.39 is 5.41 Å². The zero-order valence-corrected chi connectivity index (χ0v) is 30.5. The molecule has 1 heteroatoms. The van der Waals surface area contributed by atoms with E-state index in [9.17, 15) is 4.79 Å². The quantitative estimate of drug-likeness (QED) is 0.122. The minimum absolute atomic E-state index is 0.271. The summed E-state index contributed by atoms with van der Waals surface area (Å²) >= 11 is 0. The van der Waals surface area contributed by atoms with E-state index >= 15 is 0 Å². The number of ketones is 1. The van der Waals surface area contributed by atoms with Crippen molar-refractivity contribution in [1.82, 2.24) is 0 Å². The molecule has 0 saturated heterocycles. The second-order valence-electron chi connectivity index (χ2n) is 13.9. The summed E-state index contributed by atoms with van der Waals surface area (Å²) in [6, 6.07) is 0. The zero-order valence-electron chi connectivity index (χ0n) is 30.5. The van der Waals surface area contributed by atoms with Crippen LogP contribution >= 0.6 is 0 Å². The van der Waals surface area contributed by atoms with Crippen LogP contribution in [-0.2, 0) is 4.79 Å². The Labute approximate surface area is 268 Å². The molecule has 0 N–H and O–H groups in total. The summed E-state index contributed by atoms with van der Waals surface area (Å²) in [7, 11) is 0. The van der Waals surface area contributed by atoms with E-state index in [2.05, 4.69) is 125 Å². The van der Waals surface area contributed by atoms with Crippen LogP contribution in [0.1, 0.15) is 160 Å². The van der Waals surface area contributed by atoms with Crippen molar-refractivity contribution >= 4 is 5.78 Å². The number of allylic oxidation sites excluding steroid dienone is 16. The van der Waals surface area contributed by atoms with Crippen LogP contribution in [0.3, 0.4) is 0 Å². The molecule has 0 saturated carbocycles. The molecule has 0 radical (unpaired) electrons. The molecule has 43 heavy (non-hydrogen) atoms. The molecule has 0 bridgehead atoms. The third kappa shape index (κ3) is 21.9. The Morgan fingerprint density at radius 2 is 0.674 bits per heavy atom. The number of hydrogen-bond donors (Lipinski definition) is 0. The smallest absolute Gasteiger partial charge is 0.140 e. The van der Waals surface area contributed by atoms with Gasteiger partial charge in [-0.2, -0.15) is 0 Å². The molecule has 0 aromatic carbocycles. The van der Waals surface area contributed by atoms with E-state index in [1.807, 2.05) is 0 Å². The maximum Gasteiger partial charge on any atom is 0.140 e. The molecule has 0 aliphatic rings. The first-order chi connectivity index (χ1) is 20.2. The molecule has 0 rings (SSSR count). The van der Waals surface area contributed by atoms with Gasteiger partial charge in [-0.1, -0.05) is 93.2 Å². The molecule has 0 unspecified atom stereocenters. The number of rotatable bonds is 21. The van der Waals surface area contributed by atoms with Crippen molar-refractivity contribution in [3.05, 3.63) is 93.2 Å². The molecule has 0 aromatic rings. The largest absolute Gasteiger partial charge is 0.299 e. The molecule has 0 heterocycles. The summed E-state index contributed by atoms with van der Waals surface area (Å²) in [4.78, 5) is 13.4. The van der Waals surface area contributed by atoms with Crippen LogP contribution in [0.25, 0.3) is 0 Å². The van der Waals surface area contributed by atoms with E-state index in [0.717, 1.165) is 77.0 Å². The van der Waals surface area contributed by atoms with Gasteiger partial charge in [0, 0.05) is 0 Å². The topological polar surface area (TPSA) is 17.1 Å². The summed E-state index contributed by atoms with van der Waals surface area (Å²) in [5.74, 6) is 0.271. The Hall–Kier alpha value is -2.41. The molecular weight excluding hydrogens is 520 g/mol. The van der Waals surface area contributed by atoms with E-state index in [0.29, 0.717) is 0 Å². The maximum atomic E-state index is 13.4. The van der Waals surface area contributed by atoms with E-state index in [4.69, 9.17) is 0 Å². The molecular formula is C42H68O. The lowest BCUT2D eigenvalue weighted by atomic mass is 9.75. The number of carbonyl (C=O) groups excluding carboxylic acids is 1. The first kappa shape index (κ1) is 40.6. The monoisotopic (exact) mass is 589 g/mol. The molecule has 0 spiro atoms. The summed E-state index contributed by atoms with van der Waals surface area (Å²) in [5.41, 5.74) is 10.7. The summed E-state index contributed by atoms with van der Waals surface area (Å²) in [5, 5.41) is 0. The SMILES string of the molecule is CC(=O)C(C=C(C)CCC=C(C)C)(CC=C(C)CCC=C(C)CCC=C(C)C)CC=C(C)CCC=C(C)CCC=C(C)C. The summed E-state index contributed by atoms with van der Waals surface area (Å²) in [6.45, 7) is 25.9. The van der Waals surface area contributed by atoms with Crippen molar-refractivity contribution in [2.45, 2.75) is 160 Å². The van der Waals surface area contributed by atoms with Gasteiger partial charge in [-0.3, -0.25) is 4.79 Å². The first-order valence-electron chi connectivity index (χ1n) is 16.9. The molecule has 0 amide bonds. The molecule has 0 aliphatic carbocycles. The average molecular weight is 589 g/mol. The van der Waals surface area contributed by atoms with Gasteiger partial charge in [-0.15, -0.1) is 0 Å². The van der Waals surface area contributed by atoms with Gasteiger partial charge in [0.1, 0.15) is 5.78 Å². The van der Waals surface area contributed by atoms with Crippen LogP contribution in [0.15, 0.2) is 93.2 Å². The highest BCUT2D eigenvalue weighted by molar-refractivity contribution is 5.85. The van der Waals surface area contributed by atoms with Gasteiger partial charge in [0.05, 0.1) is 5.41 Å². The third-order valence-corrected chi connectivity index (χ3v) is 8.19. The fourth-order valence-corrected chi connectivity index (χ4v) is 5.11. The van der Waals surface area contributed by atoms with Crippen LogP contribution in [0.4, 0.5) is 0 Å². The zero-order chi connectivity index (χ0) is 32.8. The molecule has 242 valence electrons. The first-order valence-corrected chi connectivity index (χ1v) is 16.9. The van der Waals surface area contributed by atoms with Gasteiger partial charge < -0.3 is 0 Å². The van der Waals surface area contributed by atoms with E-state index in [-0.39, 0.29) is 5.78 Å². The Morgan fingerprint density at radius 1 is 0.395 bits per heavy atom. The molecule has 0 aliphatic heterocycles. The molecule has 0 aromatic heterocycles. The number of hydrogen-bond acceptors (Lipinski definition) is 1. The molecule has 0 atom stereocenters. The average Bonchev–Trinajstić information content (AvgIpc) is 2.89. The second kappa shape index (κ2) is 23.0. The number of Topliss-reactive ketones (excluding diaryl/α,β-unsaturated/α-hetero) is 1. The number of carbonyl (C=O) groups is 1. The molecule has 1 nitrogen and oxygen atoms in total. The minimum atomic E-state index is -0.482. The van der Waals surface area contributed by atoms with Crippen LogP contribution in [-0.4, -0.2) is 5.78 Å². The van der Waals surface area contributed by atoms with Gasteiger partial charge in [0.25, 0.3) is 0 Å². The Morgan fingerprint density at radius 3 is 0.977 bits per heavy atom. The Kier molecular flexibility index (Phi) is 21.7. The minimum Gasteiger partial charge on any atom is -0.299 e. The van der Waals surface area contributed by atoms with Crippen molar-refractivity contribution in [3.8, 4) is 0 Å². The predicted molar refractivity (Wildman–Crippen MR) is 196 cm³/mol. The summed E-state index contributed by atoms with van der Waals surface area (Å²) < 4.78 is 0. The highest BCUT2D eigenvalue weighted by Crippen LogP contribution is 2.35. The van der Waals surface area contributed by atoms with Crippen LogP contribution in [0.5, 0.6) is 0 Å². The van der Waals surface area contributed by atoms with Crippen molar-refractivity contribution in [1.29, 1.82) is 0 Å². The fraction of sp³-hybridized carbons (Fsp3) is 0.595. The lowest BCUT2D eigenvalue weighted by Gasteiger charge is -2.27. The van der Waals surface area contributed by atoms with Crippen molar-refractivity contribution < 1.29 is 4.79 Å². The lowest BCUT2D eigenvalue weighted by molar-refractivity contribution is -0.124. The van der Waals surface area contributed by atoms with Gasteiger partial charge >= 0.3 is 0 Å². The normalized spacial score (nSPS) is 14.7. The Balaban J connectivity index is 5.70. The van der Waals surface area contributed by atoms with Crippen molar-refractivity contribution in [3.63, 3.8) is 0 Å².